The highest BCUT2D eigenvalue weighted by molar-refractivity contribution is 7.61. The van der Waals surface area contributed by atoms with Gasteiger partial charge in [-0.2, -0.15) is 39.5 Å². The first kappa shape index (κ1) is 26.0. The fourth-order valence-corrected chi connectivity index (χ4v) is 5.70. The van der Waals surface area contributed by atoms with Gasteiger partial charge in [0.2, 0.25) is 0 Å². The first-order chi connectivity index (χ1) is 13.1. The van der Waals surface area contributed by atoms with Crippen molar-refractivity contribution < 1.29 is 39.5 Å². The summed E-state index contributed by atoms with van der Waals surface area (Å²) >= 11 is 0. The molecule has 0 fully saturated rings. The second-order valence-corrected chi connectivity index (χ2v) is 8.14. The monoisotopic (exact) mass is 456 g/mol. The molecule has 0 saturated carbocycles. The maximum absolute atomic E-state index is 13.7. The van der Waals surface area contributed by atoms with Crippen LogP contribution in [0.25, 0.3) is 0 Å². The van der Waals surface area contributed by atoms with Crippen LogP contribution < -0.4 is 5.30 Å². The Bertz CT molecular complexity index is 628. The summed E-state index contributed by atoms with van der Waals surface area (Å²) in [7, 11) is -2.34. The van der Waals surface area contributed by atoms with E-state index in [1.54, 1.807) is 27.7 Å². The molecule has 0 radical (unpaired) electrons. The maximum atomic E-state index is 13.7. The highest BCUT2D eigenvalue weighted by atomic mass is 31.1. The van der Waals surface area contributed by atoms with Gasteiger partial charge in [-0.15, -0.1) is 0 Å². The van der Waals surface area contributed by atoms with Crippen LogP contribution in [0.2, 0.25) is 0 Å². The van der Waals surface area contributed by atoms with Gasteiger partial charge >= 0.3 is 18.5 Å². The van der Waals surface area contributed by atoms with Crippen molar-refractivity contribution in [3.8, 4) is 0 Å². The predicted octanol–water partition coefficient (Wildman–Crippen LogP) is 6.36. The summed E-state index contributed by atoms with van der Waals surface area (Å²) in [5.41, 5.74) is -5.77. The molecule has 0 atom stereocenters. The van der Waals surface area contributed by atoms with Crippen LogP contribution in [0.1, 0.15) is 44.4 Å². The molecular weight excluding hydrogens is 434 g/mol. The van der Waals surface area contributed by atoms with Gasteiger partial charge in [-0.1, -0.05) is 27.7 Å². The van der Waals surface area contributed by atoms with E-state index in [0.29, 0.717) is 0 Å². The first-order valence-electron chi connectivity index (χ1n) is 8.82. The highest BCUT2D eigenvalue weighted by Gasteiger charge is 2.48. The maximum Gasteiger partial charge on any atom is 0.417 e. The number of benzene rings is 1. The number of hydrogen-bond donors (Lipinski definition) is 0. The fourth-order valence-electron chi connectivity index (χ4n) is 2.89. The van der Waals surface area contributed by atoms with E-state index in [1.165, 1.54) is 9.34 Å². The van der Waals surface area contributed by atoms with E-state index in [4.69, 9.17) is 0 Å². The molecule has 0 spiro atoms. The van der Waals surface area contributed by atoms with E-state index in [1.807, 2.05) is 0 Å². The fraction of sp³-hybridized carbons (Fsp3) is 0.647. The van der Waals surface area contributed by atoms with Crippen molar-refractivity contribution in [3.05, 3.63) is 28.8 Å². The predicted molar refractivity (Wildman–Crippen MR) is 93.8 cm³/mol. The summed E-state index contributed by atoms with van der Waals surface area (Å²) < 4.78 is 124. The lowest BCUT2D eigenvalue weighted by Crippen LogP contribution is -2.39. The molecule has 0 saturated heterocycles. The van der Waals surface area contributed by atoms with Crippen LogP contribution in [0.15, 0.2) is 12.1 Å². The second kappa shape index (κ2) is 9.39. The minimum Gasteiger partial charge on any atom is -0.267 e. The summed E-state index contributed by atoms with van der Waals surface area (Å²) in [5, 5.41) is -1.14. The Hall–Kier alpha value is -1.06. The van der Waals surface area contributed by atoms with Gasteiger partial charge in [0.15, 0.2) is 0 Å². The zero-order valence-electron chi connectivity index (χ0n) is 16.2. The van der Waals surface area contributed by atoms with Gasteiger partial charge in [-0.25, -0.2) is 0 Å². The van der Waals surface area contributed by atoms with Crippen molar-refractivity contribution in [3.63, 3.8) is 0 Å². The van der Waals surface area contributed by atoms with Crippen molar-refractivity contribution in [1.29, 1.82) is 0 Å². The summed E-state index contributed by atoms with van der Waals surface area (Å²) in [6, 6.07) is -0.431. The van der Waals surface area contributed by atoms with Crippen LogP contribution in [0.4, 0.5) is 39.5 Å². The molecule has 12 heteroatoms. The molecule has 2 nitrogen and oxygen atoms in total. The number of hydrogen-bond acceptors (Lipinski definition) is 2. The van der Waals surface area contributed by atoms with E-state index < -0.39 is 48.7 Å². The molecule has 168 valence electrons. The lowest BCUT2D eigenvalue weighted by molar-refractivity contribution is -0.147. The molecule has 0 N–H and O–H groups in total. The summed E-state index contributed by atoms with van der Waals surface area (Å²) in [6.45, 7) is 6.84. The Balaban J connectivity index is 4.11. The third-order valence-corrected chi connectivity index (χ3v) is 7.33. The number of alkyl halides is 9. The molecule has 0 aliphatic carbocycles. The zero-order chi connectivity index (χ0) is 22.8. The molecule has 0 bridgehead atoms. The average Bonchev–Trinajstić information content (AvgIpc) is 2.58. The van der Waals surface area contributed by atoms with Crippen LogP contribution >= 0.6 is 8.22 Å². The van der Waals surface area contributed by atoms with Crippen molar-refractivity contribution in [2.24, 2.45) is 0 Å². The smallest absolute Gasteiger partial charge is 0.267 e. The van der Waals surface area contributed by atoms with Crippen molar-refractivity contribution in [1.82, 2.24) is 9.34 Å². The van der Waals surface area contributed by atoms with Crippen LogP contribution in [0.5, 0.6) is 0 Å². The van der Waals surface area contributed by atoms with Crippen molar-refractivity contribution >= 4 is 13.5 Å². The van der Waals surface area contributed by atoms with Crippen LogP contribution in [-0.4, -0.2) is 35.5 Å². The van der Waals surface area contributed by atoms with Gasteiger partial charge in [0.1, 0.15) is 0 Å². The molecule has 0 heterocycles. The van der Waals surface area contributed by atoms with Crippen molar-refractivity contribution in [2.75, 3.05) is 26.2 Å². The second-order valence-electron chi connectivity index (χ2n) is 5.98. The molecule has 29 heavy (non-hydrogen) atoms. The molecule has 0 aliphatic heterocycles. The van der Waals surface area contributed by atoms with E-state index >= 15 is 0 Å². The average molecular weight is 456 g/mol. The lowest BCUT2D eigenvalue weighted by atomic mass is 10.0. The molecule has 0 unspecified atom stereocenters. The summed E-state index contributed by atoms with van der Waals surface area (Å²) in [4.78, 5) is 0. The zero-order valence-corrected chi connectivity index (χ0v) is 17.1. The van der Waals surface area contributed by atoms with E-state index in [0.717, 1.165) is 0 Å². The minimum atomic E-state index is -5.39. The van der Waals surface area contributed by atoms with Gasteiger partial charge in [0.05, 0.1) is 24.9 Å². The van der Waals surface area contributed by atoms with E-state index in [9.17, 15) is 39.5 Å². The molecule has 0 amide bonds. The largest absolute Gasteiger partial charge is 0.417 e. The highest BCUT2D eigenvalue weighted by Crippen LogP contribution is 2.51. The van der Waals surface area contributed by atoms with Gasteiger partial charge < -0.3 is 0 Å². The Morgan fingerprint density at radius 2 is 0.931 bits per heavy atom. The Kier molecular flexibility index (Phi) is 8.41. The molecule has 0 aliphatic rings. The van der Waals surface area contributed by atoms with Crippen molar-refractivity contribution in [2.45, 2.75) is 46.2 Å². The summed E-state index contributed by atoms with van der Waals surface area (Å²) in [5.74, 6) is 0. The first-order valence-corrected chi connectivity index (χ1v) is 10.1. The SMILES string of the molecule is CCN(CC)P(c1c(C(F)(F)F)cc(C(F)(F)F)cc1C(F)(F)F)N(CC)CC. The topological polar surface area (TPSA) is 6.48 Å². The number of halogens is 9. The lowest BCUT2D eigenvalue weighted by Gasteiger charge is -2.40. The van der Waals surface area contributed by atoms with Crippen LogP contribution in [0, 0.1) is 0 Å². The normalized spacial score (nSPS) is 13.8. The third kappa shape index (κ3) is 5.98. The molecule has 1 rings (SSSR count). The molecular formula is C17H22F9N2P. The number of nitrogens with zero attached hydrogens (tertiary/aromatic N) is 2. The molecule has 1 aromatic carbocycles. The van der Waals surface area contributed by atoms with E-state index in [2.05, 4.69) is 0 Å². The van der Waals surface area contributed by atoms with Crippen LogP contribution in [-0.2, 0) is 18.5 Å². The molecule has 0 aromatic heterocycles. The standard InChI is InChI=1S/C17H22F9N2P/c1-5-27(6-2)29(28(7-3)8-4)14-12(16(21,22)23)9-11(15(18,19)20)10-13(14)17(24,25)26/h9-10H,5-8H2,1-4H3. The Morgan fingerprint density at radius 1 is 0.621 bits per heavy atom. The van der Waals surface area contributed by atoms with E-state index in [-0.39, 0.29) is 38.3 Å². The third-order valence-electron chi connectivity index (χ3n) is 4.24. The van der Waals surface area contributed by atoms with Gasteiger partial charge in [-0.3, -0.25) is 9.34 Å². The summed E-state index contributed by atoms with van der Waals surface area (Å²) in [6.07, 6.45) is -16.1. The van der Waals surface area contributed by atoms with Gasteiger partial charge in [0, 0.05) is 31.5 Å². The Labute approximate surface area is 164 Å². The number of rotatable bonds is 7. The quantitative estimate of drug-likeness (QED) is 0.348. The van der Waals surface area contributed by atoms with Gasteiger partial charge in [0.25, 0.3) is 0 Å². The van der Waals surface area contributed by atoms with Crippen LogP contribution in [0.3, 0.4) is 0 Å². The Morgan fingerprint density at radius 3 is 1.14 bits per heavy atom. The van der Waals surface area contributed by atoms with Gasteiger partial charge in [-0.05, 0) is 12.1 Å². The molecule has 1 aromatic rings. The minimum absolute atomic E-state index is 0.133.